The van der Waals surface area contributed by atoms with Crippen molar-refractivity contribution in [3.05, 3.63) is 53.6 Å². The number of hydrogen-bond donors (Lipinski definition) is 0. The highest BCUT2D eigenvalue weighted by atomic mass is 16.5. The molecule has 2 heterocycles. The van der Waals surface area contributed by atoms with Gasteiger partial charge in [-0.3, -0.25) is 4.90 Å². The fourth-order valence-electron chi connectivity index (χ4n) is 4.11. The van der Waals surface area contributed by atoms with Gasteiger partial charge in [0.05, 0.1) is 20.3 Å². The molecule has 26 heavy (non-hydrogen) atoms. The summed E-state index contributed by atoms with van der Waals surface area (Å²) in [4.78, 5) is 17.2. The molecule has 0 N–H and O–H groups in total. The number of rotatable bonds is 3. The van der Waals surface area contributed by atoms with E-state index in [9.17, 15) is 4.79 Å². The zero-order valence-corrected chi connectivity index (χ0v) is 15.3. The number of urea groups is 1. The van der Waals surface area contributed by atoms with E-state index in [1.54, 1.807) is 14.2 Å². The summed E-state index contributed by atoms with van der Waals surface area (Å²) in [5, 5.41) is 0. The van der Waals surface area contributed by atoms with Crippen LogP contribution in [0.25, 0.3) is 0 Å². The molecule has 136 valence electrons. The van der Waals surface area contributed by atoms with Crippen molar-refractivity contribution in [1.82, 2.24) is 4.90 Å². The van der Waals surface area contributed by atoms with E-state index in [-0.39, 0.29) is 12.1 Å². The smallest absolute Gasteiger partial charge is 0.325 e. The average Bonchev–Trinajstić information content (AvgIpc) is 3.34. The number of nitrogens with zero attached hydrogens (tertiary/aromatic N) is 2. The number of ether oxygens (including phenoxy) is 2. The SMILES string of the molecule is COc1ccc(OC)c(C2CCCN2C(=O)N2CCc3ccccc32)c1. The fraction of sp³-hybridized carbons (Fsp3) is 0.381. The highest BCUT2D eigenvalue weighted by molar-refractivity contribution is 5.94. The van der Waals surface area contributed by atoms with Gasteiger partial charge < -0.3 is 14.4 Å². The monoisotopic (exact) mass is 352 g/mol. The standard InChI is InChI=1S/C21H24N2O3/c1-25-16-9-10-20(26-2)17(14-16)19-8-5-12-22(19)21(24)23-13-11-15-6-3-4-7-18(15)23/h3-4,6-7,9-10,14,19H,5,8,11-13H2,1-2H3. The number of carbonyl (C=O) groups is 1. The van der Waals surface area contributed by atoms with Gasteiger partial charge in [0.2, 0.25) is 0 Å². The van der Waals surface area contributed by atoms with Crippen molar-refractivity contribution in [2.45, 2.75) is 25.3 Å². The zero-order chi connectivity index (χ0) is 18.1. The Labute approximate surface area is 154 Å². The van der Waals surface area contributed by atoms with Gasteiger partial charge in [-0.05, 0) is 49.1 Å². The van der Waals surface area contributed by atoms with Crippen molar-refractivity contribution in [3.8, 4) is 11.5 Å². The van der Waals surface area contributed by atoms with Crippen LogP contribution in [0.3, 0.4) is 0 Å². The molecule has 1 unspecified atom stereocenters. The van der Waals surface area contributed by atoms with Gasteiger partial charge >= 0.3 is 6.03 Å². The normalized spacial score (nSPS) is 18.8. The Morgan fingerprint density at radius 2 is 1.92 bits per heavy atom. The summed E-state index contributed by atoms with van der Waals surface area (Å²) in [6.07, 6.45) is 2.85. The van der Waals surface area contributed by atoms with E-state index in [4.69, 9.17) is 9.47 Å². The zero-order valence-electron chi connectivity index (χ0n) is 15.3. The Morgan fingerprint density at radius 3 is 2.73 bits per heavy atom. The van der Waals surface area contributed by atoms with Crippen LogP contribution in [-0.2, 0) is 6.42 Å². The summed E-state index contributed by atoms with van der Waals surface area (Å²) in [6, 6.07) is 14.1. The Balaban J connectivity index is 1.65. The van der Waals surface area contributed by atoms with E-state index in [1.165, 1.54) is 5.56 Å². The number of carbonyl (C=O) groups excluding carboxylic acids is 1. The minimum absolute atomic E-state index is 0.0142. The summed E-state index contributed by atoms with van der Waals surface area (Å²) in [7, 11) is 3.33. The van der Waals surface area contributed by atoms with Crippen molar-refractivity contribution in [1.29, 1.82) is 0 Å². The second-order valence-electron chi connectivity index (χ2n) is 6.77. The second-order valence-corrected chi connectivity index (χ2v) is 6.77. The molecule has 4 rings (SSSR count). The van der Waals surface area contributed by atoms with Gasteiger partial charge in [0.25, 0.3) is 0 Å². The molecule has 2 aliphatic heterocycles. The summed E-state index contributed by atoms with van der Waals surface area (Å²) >= 11 is 0. The predicted octanol–water partition coefficient (Wildman–Crippen LogP) is 4.02. The van der Waals surface area contributed by atoms with Crippen LogP contribution < -0.4 is 14.4 Å². The number of hydrogen-bond acceptors (Lipinski definition) is 3. The van der Waals surface area contributed by atoms with Gasteiger partial charge in [0.15, 0.2) is 0 Å². The third kappa shape index (κ3) is 2.77. The Bertz CT molecular complexity index is 821. The fourth-order valence-corrected chi connectivity index (χ4v) is 4.11. The molecule has 2 aliphatic rings. The number of methoxy groups -OCH3 is 2. The van der Waals surface area contributed by atoms with Gasteiger partial charge in [-0.15, -0.1) is 0 Å². The number of fused-ring (bicyclic) bond motifs is 1. The van der Waals surface area contributed by atoms with Gasteiger partial charge in [0.1, 0.15) is 11.5 Å². The van der Waals surface area contributed by atoms with Crippen LogP contribution in [0.5, 0.6) is 11.5 Å². The predicted molar refractivity (Wildman–Crippen MR) is 101 cm³/mol. The Kier molecular flexibility index (Phi) is 4.45. The molecule has 0 radical (unpaired) electrons. The number of benzene rings is 2. The summed E-state index contributed by atoms with van der Waals surface area (Å²) in [5.74, 6) is 1.59. The van der Waals surface area contributed by atoms with Crippen molar-refractivity contribution >= 4 is 11.7 Å². The molecule has 5 nitrogen and oxygen atoms in total. The highest BCUT2D eigenvalue weighted by Crippen LogP contribution is 2.40. The molecule has 0 spiro atoms. The molecule has 5 heteroatoms. The van der Waals surface area contributed by atoms with E-state index in [0.717, 1.165) is 55.1 Å². The van der Waals surface area contributed by atoms with Crippen LogP contribution in [0.15, 0.2) is 42.5 Å². The van der Waals surface area contributed by atoms with Crippen molar-refractivity contribution < 1.29 is 14.3 Å². The number of likely N-dealkylation sites (tertiary alicyclic amines) is 1. The lowest BCUT2D eigenvalue weighted by atomic mass is 10.0. The van der Waals surface area contributed by atoms with Crippen LogP contribution in [0, 0.1) is 0 Å². The van der Waals surface area contributed by atoms with Gasteiger partial charge in [0, 0.05) is 24.3 Å². The summed E-state index contributed by atoms with van der Waals surface area (Å²) in [6.45, 7) is 1.51. The Morgan fingerprint density at radius 1 is 1.08 bits per heavy atom. The van der Waals surface area contributed by atoms with E-state index < -0.39 is 0 Å². The quantitative estimate of drug-likeness (QED) is 0.838. The molecule has 0 aromatic heterocycles. The molecule has 1 atom stereocenters. The second kappa shape index (κ2) is 6.90. The highest BCUT2D eigenvalue weighted by Gasteiger charge is 2.36. The maximum atomic E-state index is 13.3. The van der Waals surface area contributed by atoms with Crippen LogP contribution in [0.4, 0.5) is 10.5 Å². The first-order valence-corrected chi connectivity index (χ1v) is 9.11. The number of anilines is 1. The molecular formula is C21H24N2O3. The topological polar surface area (TPSA) is 42.0 Å². The minimum Gasteiger partial charge on any atom is -0.497 e. The van der Waals surface area contributed by atoms with Gasteiger partial charge in [-0.2, -0.15) is 0 Å². The lowest BCUT2D eigenvalue weighted by Gasteiger charge is -2.31. The van der Waals surface area contributed by atoms with Crippen molar-refractivity contribution in [3.63, 3.8) is 0 Å². The molecular weight excluding hydrogens is 328 g/mol. The summed E-state index contributed by atoms with van der Waals surface area (Å²) in [5.41, 5.74) is 3.31. The van der Waals surface area contributed by atoms with Gasteiger partial charge in [-0.1, -0.05) is 18.2 Å². The van der Waals surface area contributed by atoms with Crippen LogP contribution in [0.2, 0.25) is 0 Å². The largest absolute Gasteiger partial charge is 0.497 e. The first-order valence-electron chi connectivity index (χ1n) is 9.11. The van der Waals surface area contributed by atoms with E-state index in [0.29, 0.717) is 0 Å². The average molecular weight is 352 g/mol. The maximum absolute atomic E-state index is 13.3. The molecule has 1 saturated heterocycles. The molecule has 0 saturated carbocycles. The molecule has 2 aromatic rings. The van der Waals surface area contributed by atoms with Crippen molar-refractivity contribution in [2.75, 3.05) is 32.2 Å². The minimum atomic E-state index is 0.0142. The first-order chi connectivity index (χ1) is 12.7. The number of para-hydroxylation sites is 1. The molecule has 0 bridgehead atoms. The molecule has 2 amide bonds. The van der Waals surface area contributed by atoms with Gasteiger partial charge in [-0.25, -0.2) is 4.79 Å². The van der Waals surface area contributed by atoms with Crippen LogP contribution >= 0.6 is 0 Å². The lowest BCUT2D eigenvalue weighted by molar-refractivity contribution is 0.199. The van der Waals surface area contributed by atoms with Crippen LogP contribution in [0.1, 0.15) is 30.0 Å². The third-order valence-corrected chi connectivity index (χ3v) is 5.41. The molecule has 1 fully saturated rings. The molecule has 0 aliphatic carbocycles. The third-order valence-electron chi connectivity index (χ3n) is 5.41. The lowest BCUT2D eigenvalue weighted by Crippen LogP contribution is -2.42. The summed E-state index contributed by atoms with van der Waals surface area (Å²) < 4.78 is 10.9. The van der Waals surface area contributed by atoms with Crippen molar-refractivity contribution in [2.24, 2.45) is 0 Å². The van der Waals surface area contributed by atoms with Crippen LogP contribution in [-0.4, -0.2) is 38.2 Å². The van der Waals surface area contributed by atoms with E-state index in [1.807, 2.05) is 46.2 Å². The Hall–Kier alpha value is -2.69. The molecule has 2 aromatic carbocycles. The number of amides is 2. The maximum Gasteiger partial charge on any atom is 0.325 e. The van der Waals surface area contributed by atoms with E-state index in [2.05, 4.69) is 6.07 Å². The van der Waals surface area contributed by atoms with E-state index >= 15 is 0 Å². The first kappa shape index (κ1) is 16.8.